The van der Waals surface area contributed by atoms with E-state index in [0.717, 1.165) is 5.56 Å². The molecular formula is C20H22O2. The van der Waals surface area contributed by atoms with Gasteiger partial charge in [0.1, 0.15) is 5.78 Å². The van der Waals surface area contributed by atoms with Crippen LogP contribution in [0, 0.1) is 5.41 Å². The van der Waals surface area contributed by atoms with E-state index in [1.54, 1.807) is 18.2 Å². The third-order valence-corrected chi connectivity index (χ3v) is 3.82. The molecule has 2 nitrogen and oxygen atoms in total. The van der Waals surface area contributed by atoms with E-state index in [1.165, 1.54) is 0 Å². The van der Waals surface area contributed by atoms with Crippen LogP contribution in [0.15, 0.2) is 54.6 Å². The van der Waals surface area contributed by atoms with Gasteiger partial charge in [0.05, 0.1) is 0 Å². The molecule has 0 bridgehead atoms. The number of Topliss-reactive ketones (excluding diaryl/α,β-unsaturated/α-hetero) is 1. The molecule has 1 atom stereocenters. The van der Waals surface area contributed by atoms with E-state index in [2.05, 4.69) is 0 Å². The molecule has 0 unspecified atom stereocenters. The normalized spacial score (nSPS) is 12.7. The number of ketones is 2. The fourth-order valence-electron chi connectivity index (χ4n) is 2.51. The fraction of sp³-hybridized carbons (Fsp3) is 0.300. The zero-order chi connectivity index (χ0) is 16.3. The molecule has 114 valence electrons. The van der Waals surface area contributed by atoms with Crippen molar-refractivity contribution in [2.75, 3.05) is 0 Å². The Kier molecular flexibility index (Phi) is 4.60. The first-order chi connectivity index (χ1) is 10.3. The molecule has 2 aromatic rings. The molecule has 2 heteroatoms. The van der Waals surface area contributed by atoms with Crippen LogP contribution in [0.3, 0.4) is 0 Å². The van der Waals surface area contributed by atoms with Gasteiger partial charge in [-0.3, -0.25) is 9.59 Å². The van der Waals surface area contributed by atoms with E-state index in [9.17, 15) is 9.59 Å². The van der Waals surface area contributed by atoms with E-state index < -0.39 is 5.41 Å². The van der Waals surface area contributed by atoms with E-state index in [0.29, 0.717) is 11.1 Å². The molecule has 0 aromatic heterocycles. The largest absolute Gasteiger partial charge is 0.298 e. The van der Waals surface area contributed by atoms with Crippen molar-refractivity contribution < 1.29 is 9.59 Å². The summed E-state index contributed by atoms with van der Waals surface area (Å²) in [6.45, 7) is 7.67. The van der Waals surface area contributed by atoms with Crippen molar-refractivity contribution in [3.05, 3.63) is 71.3 Å². The molecule has 0 spiro atoms. The van der Waals surface area contributed by atoms with E-state index >= 15 is 0 Å². The minimum atomic E-state index is -0.390. The van der Waals surface area contributed by atoms with Crippen LogP contribution in [0.5, 0.6) is 0 Å². The average Bonchev–Trinajstić information content (AvgIpc) is 2.53. The molecule has 0 heterocycles. The molecule has 0 saturated heterocycles. The summed E-state index contributed by atoms with van der Waals surface area (Å²) in [6, 6.07) is 16.6. The number of hydrogen-bond donors (Lipinski definition) is 0. The van der Waals surface area contributed by atoms with Gasteiger partial charge in [-0.05, 0) is 11.6 Å². The molecule has 2 aromatic carbocycles. The lowest BCUT2D eigenvalue weighted by atomic mass is 9.80. The zero-order valence-corrected chi connectivity index (χ0v) is 13.6. The fourth-order valence-corrected chi connectivity index (χ4v) is 2.51. The van der Waals surface area contributed by atoms with Crippen LogP contribution in [-0.2, 0) is 4.79 Å². The predicted octanol–water partition coefficient (Wildman–Crippen LogP) is 4.64. The summed E-state index contributed by atoms with van der Waals surface area (Å²) >= 11 is 0. The van der Waals surface area contributed by atoms with Crippen molar-refractivity contribution in [3.8, 4) is 0 Å². The van der Waals surface area contributed by atoms with Gasteiger partial charge in [-0.2, -0.15) is 0 Å². The Bertz CT molecular complexity index is 678. The number of hydrogen-bond acceptors (Lipinski definition) is 2. The second kappa shape index (κ2) is 6.27. The van der Waals surface area contributed by atoms with Crippen LogP contribution in [0.25, 0.3) is 0 Å². The minimum absolute atomic E-state index is 0.0159. The Morgan fingerprint density at radius 3 is 2.05 bits per heavy atom. The van der Waals surface area contributed by atoms with E-state index in [4.69, 9.17) is 0 Å². The zero-order valence-electron chi connectivity index (χ0n) is 13.6. The molecule has 0 saturated carbocycles. The van der Waals surface area contributed by atoms with Crippen molar-refractivity contribution in [1.29, 1.82) is 0 Å². The van der Waals surface area contributed by atoms with E-state index in [-0.39, 0.29) is 17.5 Å². The van der Waals surface area contributed by atoms with Crippen molar-refractivity contribution >= 4 is 11.6 Å². The van der Waals surface area contributed by atoms with E-state index in [1.807, 2.05) is 64.1 Å². The topological polar surface area (TPSA) is 34.1 Å². The third-order valence-electron chi connectivity index (χ3n) is 3.82. The van der Waals surface area contributed by atoms with Crippen LogP contribution in [-0.4, -0.2) is 11.6 Å². The number of carbonyl (C=O) groups is 2. The highest BCUT2D eigenvalue weighted by molar-refractivity contribution is 6.09. The van der Waals surface area contributed by atoms with Crippen LogP contribution in [0.4, 0.5) is 0 Å². The Morgan fingerprint density at radius 1 is 0.864 bits per heavy atom. The highest BCUT2D eigenvalue weighted by Crippen LogP contribution is 2.27. The molecule has 0 fully saturated rings. The minimum Gasteiger partial charge on any atom is -0.298 e. The number of carbonyl (C=O) groups excluding carboxylic acids is 2. The van der Waals surface area contributed by atoms with Gasteiger partial charge in [0.2, 0.25) is 0 Å². The first kappa shape index (κ1) is 16.2. The summed E-state index contributed by atoms with van der Waals surface area (Å²) in [5.41, 5.74) is 1.78. The molecule has 0 radical (unpaired) electrons. The van der Waals surface area contributed by atoms with Crippen molar-refractivity contribution in [2.24, 2.45) is 5.41 Å². The van der Waals surface area contributed by atoms with Gasteiger partial charge < -0.3 is 0 Å². The summed E-state index contributed by atoms with van der Waals surface area (Å²) in [7, 11) is 0. The van der Waals surface area contributed by atoms with Crippen molar-refractivity contribution in [2.45, 2.75) is 33.6 Å². The number of benzene rings is 2. The second-order valence-corrected chi connectivity index (χ2v) is 6.66. The summed E-state index contributed by atoms with van der Waals surface area (Å²) in [5.74, 6) is -0.0572. The van der Waals surface area contributed by atoms with Gasteiger partial charge in [0.15, 0.2) is 5.78 Å². The Hall–Kier alpha value is -2.22. The summed E-state index contributed by atoms with van der Waals surface area (Å²) in [5, 5.41) is 0. The molecular weight excluding hydrogens is 272 g/mol. The molecule has 0 aliphatic heterocycles. The molecule has 2 rings (SSSR count). The highest BCUT2D eigenvalue weighted by atomic mass is 16.1. The van der Waals surface area contributed by atoms with Gasteiger partial charge in [0.25, 0.3) is 0 Å². The Balaban J connectivity index is 2.31. The van der Waals surface area contributed by atoms with Gasteiger partial charge in [-0.25, -0.2) is 0 Å². The molecule has 0 amide bonds. The van der Waals surface area contributed by atoms with Crippen LogP contribution in [0.1, 0.15) is 55.1 Å². The second-order valence-electron chi connectivity index (χ2n) is 6.66. The Labute approximate surface area is 132 Å². The maximum Gasteiger partial charge on any atom is 0.193 e. The lowest BCUT2D eigenvalue weighted by Gasteiger charge is -2.22. The van der Waals surface area contributed by atoms with Crippen LogP contribution in [0.2, 0.25) is 0 Å². The van der Waals surface area contributed by atoms with Gasteiger partial charge in [-0.15, -0.1) is 0 Å². The first-order valence-corrected chi connectivity index (χ1v) is 7.54. The monoisotopic (exact) mass is 294 g/mol. The van der Waals surface area contributed by atoms with Gasteiger partial charge in [0, 0.05) is 22.5 Å². The predicted molar refractivity (Wildman–Crippen MR) is 89.2 cm³/mol. The number of rotatable bonds is 4. The quantitative estimate of drug-likeness (QED) is 0.770. The highest BCUT2D eigenvalue weighted by Gasteiger charge is 2.27. The first-order valence-electron chi connectivity index (χ1n) is 7.54. The van der Waals surface area contributed by atoms with Gasteiger partial charge >= 0.3 is 0 Å². The SMILES string of the molecule is C[C@H](C(=O)C(C)(C)C)c1cccc(C(=O)c2ccccc2)c1. The smallest absolute Gasteiger partial charge is 0.193 e. The Morgan fingerprint density at radius 2 is 1.45 bits per heavy atom. The average molecular weight is 294 g/mol. The summed E-state index contributed by atoms with van der Waals surface area (Å²) in [6.07, 6.45) is 0. The molecule has 0 N–H and O–H groups in total. The van der Waals surface area contributed by atoms with Crippen LogP contribution < -0.4 is 0 Å². The van der Waals surface area contributed by atoms with Crippen molar-refractivity contribution in [1.82, 2.24) is 0 Å². The molecule has 0 aliphatic rings. The lowest BCUT2D eigenvalue weighted by Crippen LogP contribution is -2.25. The van der Waals surface area contributed by atoms with Crippen LogP contribution >= 0.6 is 0 Å². The molecule has 0 aliphatic carbocycles. The lowest BCUT2D eigenvalue weighted by molar-refractivity contribution is -0.127. The van der Waals surface area contributed by atoms with Crippen molar-refractivity contribution in [3.63, 3.8) is 0 Å². The maximum absolute atomic E-state index is 12.5. The molecule has 22 heavy (non-hydrogen) atoms. The summed E-state index contributed by atoms with van der Waals surface area (Å²) in [4.78, 5) is 24.9. The third kappa shape index (κ3) is 3.51. The maximum atomic E-state index is 12.5. The van der Waals surface area contributed by atoms with Gasteiger partial charge in [-0.1, -0.05) is 76.2 Å². The summed E-state index contributed by atoms with van der Waals surface area (Å²) < 4.78 is 0. The standard InChI is InChI=1S/C20H22O2/c1-14(19(22)20(2,3)4)16-11-8-12-17(13-16)18(21)15-9-6-5-7-10-15/h5-14H,1-4H3/t14-/m0/s1.